The number of para-hydroxylation sites is 5. The number of aromatic amines is 5. The van der Waals surface area contributed by atoms with Crippen LogP contribution in [0.25, 0.3) is 60.1 Å². The zero-order chi connectivity index (χ0) is 89.7. The van der Waals surface area contributed by atoms with E-state index in [9.17, 15) is 51.3 Å². The number of fused-ring (bicyclic) bond motifs is 5. The molecule has 12 N–H and O–H groups in total. The van der Waals surface area contributed by atoms with Gasteiger partial charge in [0.25, 0.3) is 0 Å². The average Bonchev–Trinajstić information content (AvgIpc) is 1.67. The maximum absolute atomic E-state index is 12.1. The summed E-state index contributed by atoms with van der Waals surface area (Å²) in [5, 5.41) is 30.8. The van der Waals surface area contributed by atoms with Crippen LogP contribution in [0, 0.1) is 12.0 Å². The molecule has 36 heteroatoms. The van der Waals surface area contributed by atoms with E-state index in [-0.39, 0.29) is 168 Å². The van der Waals surface area contributed by atoms with Gasteiger partial charge in [-0.3, -0.25) is 29.1 Å². The number of rotatable bonds is 22. The molecule has 0 saturated carbocycles. The first-order valence-electron chi connectivity index (χ1n) is 38.7. The van der Waals surface area contributed by atoms with Crippen molar-refractivity contribution in [2.75, 3.05) is 21.3 Å². The van der Waals surface area contributed by atoms with Crippen molar-refractivity contribution in [3.05, 3.63) is 196 Å². The molecular formula is C94H147BBrF3KN9O16S5. The van der Waals surface area contributed by atoms with Crippen LogP contribution in [-0.2, 0) is 84.5 Å². The summed E-state index contributed by atoms with van der Waals surface area (Å²) in [6.07, 6.45) is 11.7. The largest absolute Gasteiger partial charge is 1.00 e. The summed E-state index contributed by atoms with van der Waals surface area (Å²) < 4.78 is 60.1. The number of esters is 3. The first kappa shape index (κ1) is 138. The van der Waals surface area contributed by atoms with E-state index in [2.05, 4.69) is 142 Å². The fourth-order valence-electron chi connectivity index (χ4n) is 12.5. The number of carboxylic acids is 2. The van der Waals surface area contributed by atoms with Gasteiger partial charge in [0.05, 0.1) is 38.3 Å². The summed E-state index contributed by atoms with van der Waals surface area (Å²) in [6, 6.07) is 26.8. The van der Waals surface area contributed by atoms with Crippen LogP contribution in [0.5, 0.6) is 0 Å². The van der Waals surface area contributed by atoms with Gasteiger partial charge in [-0.15, -0.1) is 0 Å². The number of nitrogens with two attached hydrogens (primary N) is 1. The monoisotopic (exact) mass is 2000 g/mol. The van der Waals surface area contributed by atoms with Crippen molar-refractivity contribution < 1.29 is 141 Å². The number of halogens is 4. The summed E-state index contributed by atoms with van der Waals surface area (Å²) in [4.78, 5) is 110. The number of benzene rings is 5. The normalized spacial score (nSPS) is 11.4. The third-order valence-corrected chi connectivity index (χ3v) is 18.5. The van der Waals surface area contributed by atoms with Crippen molar-refractivity contribution in [1.29, 1.82) is 0 Å². The number of carbonyl (C=O) groups is 8. The minimum atomic E-state index is -3.67. The number of carbonyl (C=O) groups excluding carboxylic acids is 6. The first-order chi connectivity index (χ1) is 55.6. The second kappa shape index (κ2) is 64.9. The molecule has 0 aliphatic rings. The average molecular weight is 2010 g/mol. The zero-order valence-electron chi connectivity index (χ0n) is 75.4. The van der Waals surface area contributed by atoms with Crippen LogP contribution in [0.2, 0.25) is 0 Å². The summed E-state index contributed by atoms with van der Waals surface area (Å²) in [5.41, 5.74) is 19.3. The number of aromatic nitrogens is 5. The molecule has 5 aromatic heterocycles. The minimum Gasteiger partial charge on any atom is -0.507 e. The van der Waals surface area contributed by atoms with Crippen molar-refractivity contribution in [3.63, 3.8) is 0 Å². The molecule has 0 aliphatic heterocycles. The van der Waals surface area contributed by atoms with E-state index in [1.165, 1.54) is 38.0 Å². The molecule has 0 fully saturated rings. The molecule has 0 unspecified atom stereocenters. The number of hydrogen-bond acceptors (Lipinski definition) is 15. The molecule has 25 nitrogen and oxygen atoms in total. The van der Waals surface area contributed by atoms with E-state index in [4.69, 9.17) is 44.4 Å². The molecule has 5 atom stereocenters. The Labute approximate surface area is 854 Å². The van der Waals surface area contributed by atoms with E-state index >= 15 is 0 Å². The van der Waals surface area contributed by atoms with Gasteiger partial charge in [0.15, 0.2) is 0 Å². The number of amides is 3. The molecule has 3 amide bonds. The number of methoxy groups -OCH3 is 3. The topological polar surface area (TPSA) is 373 Å². The first-order valence-corrected chi connectivity index (χ1v) is 39.5. The summed E-state index contributed by atoms with van der Waals surface area (Å²) in [6.45, 7) is 41.4. The van der Waals surface area contributed by atoms with Crippen molar-refractivity contribution in [2.45, 2.75) is 253 Å². The molecule has 5 aromatic carbocycles. The van der Waals surface area contributed by atoms with Crippen LogP contribution >= 0.6 is 83.4 Å². The Morgan fingerprint density at radius 2 is 0.685 bits per heavy atom. The quantitative estimate of drug-likeness (QED) is 0.0130. The number of hydrogen-bond donors (Lipinski definition) is 11. The Hall–Kier alpha value is -7.88. The van der Waals surface area contributed by atoms with Crippen molar-refractivity contribution in [2.24, 2.45) is 11.7 Å². The second-order valence-corrected chi connectivity index (χ2v) is 32.8. The summed E-state index contributed by atoms with van der Waals surface area (Å²) >= 11 is 3.48. The van der Waals surface area contributed by atoms with Crippen LogP contribution in [-0.4, -0.2) is 153 Å². The predicted octanol–water partition coefficient (Wildman–Crippen LogP) is 19.7. The van der Waals surface area contributed by atoms with Gasteiger partial charge in [0, 0.05) is 110 Å². The van der Waals surface area contributed by atoms with Crippen LogP contribution < -0.4 is 73.1 Å². The molecular weight excluding hydrogens is 1860 g/mol. The van der Waals surface area contributed by atoms with Gasteiger partial charge in [-0.05, 0) is 165 Å². The molecule has 5 heterocycles. The van der Waals surface area contributed by atoms with Crippen molar-refractivity contribution in [1.82, 2.24) is 40.9 Å². The molecule has 0 bridgehead atoms. The fraction of sp³-hybridized carbons (Fsp3) is 0.447. The third kappa shape index (κ3) is 44.3. The Morgan fingerprint density at radius 3 is 0.938 bits per heavy atom. The van der Waals surface area contributed by atoms with Gasteiger partial charge >= 0.3 is 107 Å². The van der Waals surface area contributed by atoms with Crippen LogP contribution in [0.15, 0.2) is 140 Å². The number of nitrogens with one attached hydrogen (secondary N) is 8. The fourth-order valence-corrected chi connectivity index (χ4v) is 13.0. The molecule has 130 heavy (non-hydrogen) atoms. The number of H-pyrrole nitrogens is 5. The SMILES string of the molecule is C.C.C.C.C.C=C(C)c1cccc2c(C[C@H](NC(=O)OC(C)(C)C)C(=O)OC)c[nH]c12.C=[C-]C.CC(C)c1cccc2c(C[C@H](C)C(=O)O)c[nH]c12.CC(C)c1cccc2c(C[C@H](N)C(=O)O)c[nH]c12.COC(=O)[C@H](Cc1c[nH]c2c(Br)cccc12)NC(=O)OC(C)(C)C.COC(=O)[C@H](Cc1c[nH]c2c(C(C)C)cccc12)NC(=O)OC(C)(C)C.FB(F)F.S.S.S.S.S.[K+]. The van der Waals surface area contributed by atoms with E-state index < -0.39 is 96.6 Å². The number of aliphatic carboxylic acids is 2. The van der Waals surface area contributed by atoms with Crippen LogP contribution in [0.3, 0.4) is 0 Å². The maximum Gasteiger partial charge on any atom is 1.00 e. The molecule has 10 aromatic rings. The molecule has 10 rings (SSSR count). The van der Waals surface area contributed by atoms with Gasteiger partial charge in [-0.1, -0.05) is 177 Å². The molecule has 0 saturated heterocycles. The van der Waals surface area contributed by atoms with E-state index in [0.29, 0.717) is 43.4 Å². The molecule has 0 aliphatic carbocycles. The summed E-state index contributed by atoms with van der Waals surface area (Å²) in [5.74, 6) is -2.37. The van der Waals surface area contributed by atoms with Crippen LogP contribution in [0.4, 0.5) is 27.3 Å². The number of ether oxygens (including phenoxy) is 6. The zero-order valence-corrected chi connectivity index (χ0v) is 85.1. The van der Waals surface area contributed by atoms with Crippen molar-refractivity contribution >= 4 is 199 Å². The van der Waals surface area contributed by atoms with E-state index in [1.807, 2.05) is 105 Å². The molecule has 0 spiro atoms. The van der Waals surface area contributed by atoms with Gasteiger partial charge in [0.1, 0.15) is 41.0 Å². The molecule has 0 radical (unpaired) electrons. The number of carboxylic acid groups (broad SMARTS) is 2. The third-order valence-electron chi connectivity index (χ3n) is 17.9. The number of allylic oxidation sites excluding steroid dienone is 2. The predicted molar refractivity (Wildman–Crippen MR) is 552 cm³/mol. The smallest absolute Gasteiger partial charge is 0.507 e. The Morgan fingerprint density at radius 1 is 0.446 bits per heavy atom. The minimum absolute atomic E-state index is 0. The van der Waals surface area contributed by atoms with Gasteiger partial charge in [-0.2, -0.15) is 74.4 Å². The maximum atomic E-state index is 12.1. The van der Waals surface area contributed by atoms with Gasteiger partial charge < -0.3 is 91.3 Å². The Kier molecular flexibility index (Phi) is 68.7. The standard InChI is InChI=1S/C20H28N2O4.C20H26N2O4.C17H21BrN2O4.C15H19NO2.C14H18N2O2.C3H5.5CH4.BF3.K.5H2S/c2*1-12(2)14-8-7-9-15-13(11-21-17(14)15)10-16(18(23)25-6)22-19(24)26-20(3,4)5;1-17(2,3)24-16(22)20-13(15(21)23-4)8-10-9-19-14-11(10)6-5-7-12(14)18;1-9(2)12-5-4-6-13-11(8-16-14(12)13)7-10(3)15(17)18;1-8(2)10-4-3-5-11-9(7-16-13(10)11)6-12(15)14(17)18;1-3-2;;;;;;2-1(3)4;;;;;;/h7-9,11-12,16,21H,10H2,1-6H3,(H,22,24);7-9,11,16,21H,1,10H2,2-6H3,(H,22,24);5-7,9,13,19H,8H2,1-4H3,(H,20,22);4-6,8-10,16H,7H2,1-3H3,(H,17,18);3-5,7-8,12,16H,6,15H2,1-2H3,(H,17,18);1H2,2H3;5*1H4;;;5*1H2/q;;;;;-1;;;;;;;+1;;;;;/t2*16-;13-;10-;12-;;;;;;;;;;;;;/m00000............./s1. The van der Waals surface area contributed by atoms with E-state index in [0.717, 1.165) is 97.9 Å². The Bertz CT molecular complexity index is 5000. The second-order valence-electron chi connectivity index (χ2n) is 32.0. The van der Waals surface area contributed by atoms with Gasteiger partial charge in [0.2, 0.25) is 0 Å². The Balaban J connectivity index is -0.000000231. The van der Waals surface area contributed by atoms with Crippen molar-refractivity contribution in [3.8, 4) is 0 Å². The van der Waals surface area contributed by atoms with Crippen LogP contribution in [0.1, 0.15) is 230 Å². The van der Waals surface area contributed by atoms with Gasteiger partial charge in [-0.25, -0.2) is 28.8 Å². The summed E-state index contributed by atoms with van der Waals surface area (Å²) in [7, 11) is 0.219. The molecule has 726 valence electrons. The number of alkyl carbamates (subject to hydrolysis) is 3. The van der Waals surface area contributed by atoms with E-state index in [1.54, 1.807) is 76.2 Å².